The lowest BCUT2D eigenvalue weighted by Crippen LogP contribution is -2.30. The first kappa shape index (κ1) is 21.2. The van der Waals surface area contributed by atoms with E-state index in [9.17, 15) is 14.3 Å². The number of anilines is 2. The zero-order valence-corrected chi connectivity index (χ0v) is 17.3. The van der Waals surface area contributed by atoms with Crippen molar-refractivity contribution in [2.75, 3.05) is 11.9 Å². The molecular formula is C24H22FN5O2. The number of aromatic amines is 1. The van der Waals surface area contributed by atoms with Crippen LogP contribution in [0.3, 0.4) is 0 Å². The van der Waals surface area contributed by atoms with Crippen LogP contribution in [0.25, 0.3) is 11.3 Å². The Balaban J connectivity index is 1.53. The molecule has 0 bridgehead atoms. The monoisotopic (exact) mass is 431 g/mol. The molecular weight excluding hydrogens is 409 g/mol. The number of nitrogens with zero attached hydrogens (tertiary/aromatic N) is 2. The van der Waals surface area contributed by atoms with Gasteiger partial charge < -0.3 is 20.7 Å². The van der Waals surface area contributed by atoms with Crippen molar-refractivity contribution in [3.05, 3.63) is 95.7 Å². The highest BCUT2D eigenvalue weighted by Crippen LogP contribution is 2.24. The van der Waals surface area contributed by atoms with E-state index in [1.54, 1.807) is 30.6 Å². The van der Waals surface area contributed by atoms with Crippen LogP contribution >= 0.6 is 0 Å². The van der Waals surface area contributed by atoms with Crippen molar-refractivity contribution in [3.8, 4) is 11.3 Å². The van der Waals surface area contributed by atoms with Gasteiger partial charge in [-0.1, -0.05) is 36.4 Å². The molecule has 1 amide bonds. The number of carbonyl (C=O) groups excluding carboxylic acids is 1. The summed E-state index contributed by atoms with van der Waals surface area (Å²) in [5.41, 5.74) is 3.85. The molecule has 7 nitrogen and oxygen atoms in total. The van der Waals surface area contributed by atoms with Crippen LogP contribution in [-0.2, 0) is 0 Å². The largest absolute Gasteiger partial charge is 0.394 e. The van der Waals surface area contributed by atoms with Crippen LogP contribution in [0.2, 0.25) is 0 Å². The van der Waals surface area contributed by atoms with Gasteiger partial charge in [0, 0.05) is 23.6 Å². The number of nitrogens with one attached hydrogen (secondary N) is 3. The van der Waals surface area contributed by atoms with E-state index in [0.29, 0.717) is 28.6 Å². The van der Waals surface area contributed by atoms with Crippen molar-refractivity contribution in [2.24, 2.45) is 0 Å². The van der Waals surface area contributed by atoms with Crippen molar-refractivity contribution < 1.29 is 14.3 Å². The van der Waals surface area contributed by atoms with Crippen LogP contribution in [0.15, 0.2) is 73.1 Å². The van der Waals surface area contributed by atoms with Gasteiger partial charge in [-0.25, -0.2) is 14.4 Å². The fraction of sp³-hybridized carbons (Fsp3) is 0.125. The third kappa shape index (κ3) is 4.81. The van der Waals surface area contributed by atoms with Crippen LogP contribution < -0.4 is 10.6 Å². The number of hydrogen-bond acceptors (Lipinski definition) is 5. The molecule has 2 aromatic carbocycles. The van der Waals surface area contributed by atoms with Gasteiger partial charge in [-0.2, -0.15) is 0 Å². The maximum absolute atomic E-state index is 13.4. The zero-order chi connectivity index (χ0) is 22.5. The summed E-state index contributed by atoms with van der Waals surface area (Å²) in [6.45, 7) is 1.65. The van der Waals surface area contributed by atoms with Gasteiger partial charge in [0.05, 0.1) is 18.3 Å². The molecule has 0 spiro atoms. The van der Waals surface area contributed by atoms with Crippen molar-refractivity contribution in [1.82, 2.24) is 20.3 Å². The molecule has 1 atom stereocenters. The summed E-state index contributed by atoms with van der Waals surface area (Å²) in [6.07, 6.45) is 3.35. The normalized spacial score (nSPS) is 11.7. The first-order valence-electron chi connectivity index (χ1n) is 10.0. The topological polar surface area (TPSA) is 103 Å². The molecule has 0 radical (unpaired) electrons. The minimum Gasteiger partial charge on any atom is -0.394 e. The summed E-state index contributed by atoms with van der Waals surface area (Å²) in [4.78, 5) is 24.5. The second-order valence-electron chi connectivity index (χ2n) is 7.28. The Morgan fingerprint density at radius 1 is 1.16 bits per heavy atom. The average molecular weight is 431 g/mol. The lowest BCUT2D eigenvalue weighted by Gasteiger charge is -2.16. The predicted octanol–water partition coefficient (Wildman–Crippen LogP) is 4.13. The highest BCUT2D eigenvalue weighted by atomic mass is 19.1. The summed E-state index contributed by atoms with van der Waals surface area (Å²) >= 11 is 0. The van der Waals surface area contributed by atoms with Crippen molar-refractivity contribution >= 4 is 17.5 Å². The second kappa shape index (κ2) is 9.40. The van der Waals surface area contributed by atoms with Gasteiger partial charge in [0.25, 0.3) is 5.91 Å². The minimum atomic E-state index is -0.515. The Labute approximate surface area is 184 Å². The van der Waals surface area contributed by atoms with Crippen LogP contribution in [0, 0.1) is 12.7 Å². The van der Waals surface area contributed by atoms with Gasteiger partial charge in [-0.05, 0) is 42.3 Å². The van der Waals surface area contributed by atoms with E-state index < -0.39 is 6.04 Å². The number of benzene rings is 2. The molecule has 0 saturated carbocycles. The van der Waals surface area contributed by atoms with Crippen molar-refractivity contribution in [3.63, 3.8) is 0 Å². The Kier molecular flexibility index (Phi) is 6.23. The molecule has 2 aromatic heterocycles. The van der Waals surface area contributed by atoms with Gasteiger partial charge in [-0.3, -0.25) is 4.79 Å². The number of amides is 1. The number of aliphatic hydroxyl groups is 1. The summed E-state index contributed by atoms with van der Waals surface area (Å²) in [5, 5.41) is 15.5. The second-order valence-corrected chi connectivity index (χ2v) is 7.28. The van der Waals surface area contributed by atoms with E-state index in [1.807, 2.05) is 37.3 Å². The quantitative estimate of drug-likeness (QED) is 0.352. The fourth-order valence-electron chi connectivity index (χ4n) is 3.31. The number of carbonyl (C=O) groups is 1. The Morgan fingerprint density at radius 2 is 1.97 bits per heavy atom. The number of aromatic nitrogens is 3. The Morgan fingerprint density at radius 3 is 2.72 bits per heavy atom. The summed E-state index contributed by atoms with van der Waals surface area (Å²) < 4.78 is 13.4. The Hall–Kier alpha value is -4.04. The molecule has 8 heteroatoms. The van der Waals surface area contributed by atoms with Gasteiger partial charge >= 0.3 is 0 Å². The van der Waals surface area contributed by atoms with Gasteiger partial charge in [0.2, 0.25) is 5.95 Å². The molecule has 0 aliphatic heterocycles. The number of H-pyrrole nitrogens is 1. The standard InChI is InChI=1S/C24H22FN5O2/c1-15-12-27-24(28-19-9-5-8-18(25)11-19)30-22(15)17-10-20(26-13-17)23(32)29-21(14-31)16-6-3-2-4-7-16/h2-13,21,26,31H,14H2,1H3,(H,29,32)(H,27,28,30). The highest BCUT2D eigenvalue weighted by Gasteiger charge is 2.17. The smallest absolute Gasteiger partial charge is 0.268 e. The molecule has 1 unspecified atom stereocenters. The third-order valence-corrected chi connectivity index (χ3v) is 4.94. The van der Waals surface area contributed by atoms with Gasteiger partial charge in [-0.15, -0.1) is 0 Å². The first-order chi connectivity index (χ1) is 15.5. The molecule has 32 heavy (non-hydrogen) atoms. The van der Waals surface area contributed by atoms with Gasteiger partial charge in [0.1, 0.15) is 11.5 Å². The lowest BCUT2D eigenvalue weighted by molar-refractivity contribution is 0.0911. The highest BCUT2D eigenvalue weighted by molar-refractivity contribution is 5.94. The van der Waals surface area contributed by atoms with E-state index in [-0.39, 0.29) is 18.3 Å². The summed E-state index contributed by atoms with van der Waals surface area (Å²) in [5.74, 6) is -0.392. The maximum Gasteiger partial charge on any atom is 0.268 e. The minimum absolute atomic E-state index is 0.219. The number of aliphatic hydroxyl groups excluding tert-OH is 1. The number of hydrogen-bond donors (Lipinski definition) is 4. The summed E-state index contributed by atoms with van der Waals surface area (Å²) in [7, 11) is 0. The van der Waals surface area contributed by atoms with E-state index in [2.05, 4.69) is 25.6 Å². The average Bonchev–Trinajstić information content (AvgIpc) is 3.29. The number of halogens is 1. The van der Waals surface area contributed by atoms with Crippen LogP contribution in [0.5, 0.6) is 0 Å². The molecule has 0 fully saturated rings. The van der Waals surface area contributed by atoms with E-state index >= 15 is 0 Å². The number of rotatable bonds is 7. The predicted molar refractivity (Wildman–Crippen MR) is 120 cm³/mol. The molecule has 2 heterocycles. The van der Waals surface area contributed by atoms with Crippen molar-refractivity contribution in [1.29, 1.82) is 0 Å². The zero-order valence-electron chi connectivity index (χ0n) is 17.3. The first-order valence-corrected chi connectivity index (χ1v) is 10.0. The van der Waals surface area contributed by atoms with Crippen LogP contribution in [0.4, 0.5) is 16.0 Å². The maximum atomic E-state index is 13.4. The molecule has 0 aliphatic carbocycles. The van der Waals surface area contributed by atoms with Crippen molar-refractivity contribution in [2.45, 2.75) is 13.0 Å². The van der Waals surface area contributed by atoms with Gasteiger partial charge in [0.15, 0.2) is 0 Å². The molecule has 0 saturated heterocycles. The fourth-order valence-corrected chi connectivity index (χ4v) is 3.31. The third-order valence-electron chi connectivity index (χ3n) is 4.94. The van der Waals surface area contributed by atoms with E-state index in [4.69, 9.17) is 0 Å². The molecule has 0 aliphatic rings. The van der Waals surface area contributed by atoms with Crippen LogP contribution in [0.1, 0.15) is 27.7 Å². The Bertz CT molecular complexity index is 1230. The van der Waals surface area contributed by atoms with E-state index in [1.165, 1.54) is 12.1 Å². The summed E-state index contributed by atoms with van der Waals surface area (Å²) in [6, 6.07) is 16.5. The molecule has 4 rings (SSSR count). The SMILES string of the molecule is Cc1cnc(Nc2cccc(F)c2)nc1-c1c[nH]c(C(=O)NC(CO)c2ccccc2)c1. The molecule has 4 aromatic rings. The molecule has 162 valence electrons. The number of aryl methyl sites for hydroxylation is 1. The molecule has 4 N–H and O–H groups in total. The lowest BCUT2D eigenvalue weighted by atomic mass is 10.1. The van der Waals surface area contributed by atoms with Crippen LogP contribution in [-0.4, -0.2) is 32.6 Å². The van der Waals surface area contributed by atoms with E-state index in [0.717, 1.165) is 11.1 Å².